The van der Waals surface area contributed by atoms with Crippen molar-refractivity contribution in [3.8, 4) is 11.4 Å². The zero-order valence-electron chi connectivity index (χ0n) is 15.5. The number of hydrogen-bond donors (Lipinski definition) is 2. The molecule has 142 valence electrons. The van der Waals surface area contributed by atoms with E-state index in [1.165, 1.54) is 0 Å². The second-order valence-electron chi connectivity index (χ2n) is 6.82. The summed E-state index contributed by atoms with van der Waals surface area (Å²) in [4.78, 5) is 28.0. The first-order valence-corrected chi connectivity index (χ1v) is 9.35. The minimum Gasteiger partial charge on any atom is -0.368 e. The van der Waals surface area contributed by atoms with E-state index in [4.69, 9.17) is 5.73 Å². The van der Waals surface area contributed by atoms with Gasteiger partial charge in [0, 0.05) is 31.5 Å². The van der Waals surface area contributed by atoms with E-state index in [-0.39, 0.29) is 11.9 Å². The molecule has 0 aromatic carbocycles. The van der Waals surface area contributed by atoms with Gasteiger partial charge in [-0.15, -0.1) is 0 Å². The molecule has 0 radical (unpaired) electrons. The maximum atomic E-state index is 12.8. The highest BCUT2D eigenvalue weighted by molar-refractivity contribution is 6.04. The molecule has 1 saturated heterocycles. The molecule has 0 bridgehead atoms. The van der Waals surface area contributed by atoms with E-state index in [1.807, 2.05) is 30.3 Å². The summed E-state index contributed by atoms with van der Waals surface area (Å²) < 4.78 is 0. The number of aromatic nitrogens is 3. The number of nitrogens with zero attached hydrogens (tertiary/aromatic N) is 4. The molecular formula is C21H22N6O. The molecule has 1 unspecified atom stereocenters. The number of pyridine rings is 3. The van der Waals surface area contributed by atoms with Gasteiger partial charge in [0.05, 0.1) is 29.0 Å². The van der Waals surface area contributed by atoms with Gasteiger partial charge < -0.3 is 16.0 Å². The molecule has 1 aliphatic heterocycles. The van der Waals surface area contributed by atoms with E-state index in [2.05, 4.69) is 25.2 Å². The normalized spacial score (nSPS) is 16.6. The molecular weight excluding hydrogens is 352 g/mol. The van der Waals surface area contributed by atoms with Crippen LogP contribution in [0.25, 0.3) is 11.4 Å². The molecule has 1 atom stereocenters. The molecule has 0 saturated carbocycles. The lowest BCUT2D eigenvalue weighted by molar-refractivity contribution is 0.102. The fraction of sp³-hybridized carbons (Fsp3) is 0.238. The molecule has 28 heavy (non-hydrogen) atoms. The zero-order chi connectivity index (χ0) is 19.3. The number of carbonyl (C=O) groups excluding carboxylic acids is 1. The third kappa shape index (κ3) is 3.99. The Kier molecular flexibility index (Phi) is 5.25. The SMILES string of the molecule is NC1CCCN(c2ccncc2NC(=O)c2cccc(-c3ccccn3)n2)C1. The number of rotatable bonds is 4. The number of piperidine rings is 1. The van der Waals surface area contributed by atoms with Crippen LogP contribution in [-0.2, 0) is 0 Å². The van der Waals surface area contributed by atoms with Gasteiger partial charge in [-0.25, -0.2) is 4.98 Å². The lowest BCUT2D eigenvalue weighted by Crippen LogP contribution is -2.43. The van der Waals surface area contributed by atoms with Gasteiger partial charge in [-0.1, -0.05) is 12.1 Å². The first-order chi connectivity index (χ1) is 13.7. The number of nitrogens with two attached hydrogens (primary N) is 1. The van der Waals surface area contributed by atoms with E-state index in [0.717, 1.165) is 37.3 Å². The van der Waals surface area contributed by atoms with Crippen LogP contribution >= 0.6 is 0 Å². The summed E-state index contributed by atoms with van der Waals surface area (Å²) in [5, 5.41) is 2.95. The van der Waals surface area contributed by atoms with Crippen LogP contribution < -0.4 is 16.0 Å². The quantitative estimate of drug-likeness (QED) is 0.729. The van der Waals surface area contributed by atoms with Crippen LogP contribution in [0.4, 0.5) is 11.4 Å². The molecule has 0 spiro atoms. The van der Waals surface area contributed by atoms with Gasteiger partial charge >= 0.3 is 0 Å². The summed E-state index contributed by atoms with van der Waals surface area (Å²) in [7, 11) is 0. The largest absolute Gasteiger partial charge is 0.368 e. The Morgan fingerprint density at radius 1 is 1.11 bits per heavy atom. The van der Waals surface area contributed by atoms with Gasteiger partial charge in [0.1, 0.15) is 5.69 Å². The minimum atomic E-state index is -0.284. The average molecular weight is 374 g/mol. The smallest absolute Gasteiger partial charge is 0.274 e. The highest BCUT2D eigenvalue weighted by atomic mass is 16.1. The molecule has 7 nitrogen and oxygen atoms in total. The summed E-state index contributed by atoms with van der Waals surface area (Å²) in [5.41, 5.74) is 9.41. The van der Waals surface area contributed by atoms with Crippen molar-refractivity contribution in [1.82, 2.24) is 15.0 Å². The van der Waals surface area contributed by atoms with E-state index in [1.54, 1.807) is 30.7 Å². The summed E-state index contributed by atoms with van der Waals surface area (Å²) in [6.45, 7) is 1.67. The summed E-state index contributed by atoms with van der Waals surface area (Å²) >= 11 is 0. The maximum absolute atomic E-state index is 12.8. The van der Waals surface area contributed by atoms with Crippen LogP contribution in [0.1, 0.15) is 23.3 Å². The second-order valence-corrected chi connectivity index (χ2v) is 6.82. The predicted molar refractivity (Wildman–Crippen MR) is 109 cm³/mol. The van der Waals surface area contributed by atoms with Crippen molar-refractivity contribution in [3.63, 3.8) is 0 Å². The van der Waals surface area contributed by atoms with Gasteiger partial charge in [0.25, 0.3) is 5.91 Å². The topological polar surface area (TPSA) is 97.0 Å². The molecule has 4 rings (SSSR count). The van der Waals surface area contributed by atoms with Crippen molar-refractivity contribution in [2.24, 2.45) is 5.73 Å². The Hall–Kier alpha value is -3.32. The summed E-state index contributed by atoms with van der Waals surface area (Å²) in [6, 6.07) is 13.0. The predicted octanol–water partition coefficient (Wildman–Crippen LogP) is 2.72. The minimum absolute atomic E-state index is 0.141. The molecule has 3 aromatic heterocycles. The molecule has 0 aliphatic carbocycles. The number of anilines is 2. The Morgan fingerprint density at radius 2 is 2.00 bits per heavy atom. The van der Waals surface area contributed by atoms with Crippen LogP contribution in [0, 0.1) is 0 Å². The summed E-state index contributed by atoms with van der Waals surface area (Å²) in [6.07, 6.45) is 7.15. The molecule has 7 heteroatoms. The number of nitrogens with one attached hydrogen (secondary N) is 1. The first kappa shape index (κ1) is 18.1. The maximum Gasteiger partial charge on any atom is 0.274 e. The van der Waals surface area contributed by atoms with Gasteiger partial charge in [-0.05, 0) is 43.2 Å². The zero-order valence-corrected chi connectivity index (χ0v) is 15.5. The standard InChI is InChI=1S/C21H22N6O/c22-15-5-4-12-27(14-15)20-9-11-23-13-19(20)26-21(28)18-8-3-7-17(25-18)16-6-1-2-10-24-16/h1-3,6-11,13,15H,4-5,12,14,22H2,(H,26,28). The van der Waals surface area contributed by atoms with Crippen LogP contribution in [0.5, 0.6) is 0 Å². The Bertz CT molecular complexity index is 962. The monoisotopic (exact) mass is 374 g/mol. The van der Waals surface area contributed by atoms with Gasteiger partial charge in [-0.2, -0.15) is 0 Å². The number of carbonyl (C=O) groups is 1. The number of hydrogen-bond acceptors (Lipinski definition) is 6. The van der Waals surface area contributed by atoms with E-state index in [0.29, 0.717) is 17.1 Å². The molecule has 3 N–H and O–H groups in total. The first-order valence-electron chi connectivity index (χ1n) is 9.35. The third-order valence-corrected chi connectivity index (χ3v) is 4.75. The fourth-order valence-corrected chi connectivity index (χ4v) is 3.39. The van der Waals surface area contributed by atoms with Gasteiger partial charge in [0.2, 0.25) is 0 Å². The van der Waals surface area contributed by atoms with Crippen molar-refractivity contribution in [2.75, 3.05) is 23.3 Å². The van der Waals surface area contributed by atoms with Crippen molar-refractivity contribution in [3.05, 3.63) is 66.7 Å². The van der Waals surface area contributed by atoms with Crippen LogP contribution in [-0.4, -0.2) is 40.0 Å². The highest BCUT2D eigenvalue weighted by Gasteiger charge is 2.20. The third-order valence-electron chi connectivity index (χ3n) is 4.75. The van der Waals surface area contributed by atoms with E-state index >= 15 is 0 Å². The fourth-order valence-electron chi connectivity index (χ4n) is 3.39. The highest BCUT2D eigenvalue weighted by Crippen LogP contribution is 2.27. The van der Waals surface area contributed by atoms with Crippen LogP contribution in [0.3, 0.4) is 0 Å². The lowest BCUT2D eigenvalue weighted by atomic mass is 10.1. The van der Waals surface area contributed by atoms with Gasteiger partial charge in [0.15, 0.2) is 0 Å². The number of amides is 1. The Morgan fingerprint density at radius 3 is 2.82 bits per heavy atom. The molecule has 4 heterocycles. The second kappa shape index (κ2) is 8.14. The molecule has 3 aromatic rings. The van der Waals surface area contributed by atoms with Crippen molar-refractivity contribution in [1.29, 1.82) is 0 Å². The van der Waals surface area contributed by atoms with Crippen LogP contribution in [0.15, 0.2) is 61.1 Å². The van der Waals surface area contributed by atoms with Crippen molar-refractivity contribution in [2.45, 2.75) is 18.9 Å². The Balaban J connectivity index is 1.56. The molecule has 1 aliphatic rings. The van der Waals surface area contributed by atoms with E-state index in [9.17, 15) is 4.79 Å². The van der Waals surface area contributed by atoms with E-state index < -0.39 is 0 Å². The molecule has 1 amide bonds. The van der Waals surface area contributed by atoms with Gasteiger partial charge in [-0.3, -0.25) is 14.8 Å². The Labute approximate surface area is 163 Å². The van der Waals surface area contributed by atoms with Crippen molar-refractivity contribution < 1.29 is 4.79 Å². The summed E-state index contributed by atoms with van der Waals surface area (Å²) in [5.74, 6) is -0.284. The lowest BCUT2D eigenvalue weighted by Gasteiger charge is -2.33. The van der Waals surface area contributed by atoms with Crippen molar-refractivity contribution >= 4 is 17.3 Å². The average Bonchev–Trinajstić information content (AvgIpc) is 2.75. The molecule has 1 fully saturated rings. The van der Waals surface area contributed by atoms with Crippen LogP contribution in [0.2, 0.25) is 0 Å².